The van der Waals surface area contributed by atoms with E-state index in [0.29, 0.717) is 43.3 Å². The van der Waals surface area contributed by atoms with Crippen molar-refractivity contribution in [2.24, 2.45) is 11.8 Å². The number of ether oxygens (including phenoxy) is 1. The van der Waals surface area contributed by atoms with E-state index in [2.05, 4.69) is 0 Å². The van der Waals surface area contributed by atoms with Gasteiger partial charge in [-0.3, -0.25) is 0 Å². The van der Waals surface area contributed by atoms with Crippen molar-refractivity contribution in [1.82, 2.24) is 0 Å². The standard InChI is InChI=1S/C35H34F6O/c1-3-4-19-42-29-18-17-26(32(38)35(29)41)24-12-8-22(9-13-24)21-6-10-23(11-7-21)25-15-16-28(34(40)31(25)37)27-14-5-20(2)30(36)33(27)39/h5,10,12,14-18,21-22H,3-4,6-9,11,13,19H2,1-2H3. The molecule has 5 rings (SSSR count). The van der Waals surface area contributed by atoms with Gasteiger partial charge in [0.15, 0.2) is 34.8 Å². The third-order valence-electron chi connectivity index (χ3n) is 8.71. The molecule has 2 aliphatic rings. The first kappa shape index (κ1) is 30.0. The van der Waals surface area contributed by atoms with E-state index < -0.39 is 34.9 Å². The highest BCUT2D eigenvalue weighted by atomic mass is 19.2. The predicted octanol–water partition coefficient (Wildman–Crippen LogP) is 10.7. The van der Waals surface area contributed by atoms with Crippen molar-refractivity contribution in [3.8, 4) is 16.9 Å². The molecular weight excluding hydrogens is 550 g/mol. The summed E-state index contributed by atoms with van der Waals surface area (Å²) < 4.78 is 93.5. The molecule has 0 fully saturated rings. The van der Waals surface area contributed by atoms with Gasteiger partial charge in [-0.2, -0.15) is 4.39 Å². The molecule has 0 saturated heterocycles. The summed E-state index contributed by atoms with van der Waals surface area (Å²) in [7, 11) is 0. The van der Waals surface area contributed by atoms with Crippen molar-refractivity contribution in [2.75, 3.05) is 6.61 Å². The van der Waals surface area contributed by atoms with Crippen LogP contribution >= 0.6 is 0 Å². The lowest BCUT2D eigenvalue weighted by Gasteiger charge is -2.32. The summed E-state index contributed by atoms with van der Waals surface area (Å²) in [5.74, 6) is -5.77. The quantitative estimate of drug-likeness (QED) is 0.189. The van der Waals surface area contributed by atoms with Gasteiger partial charge in [-0.1, -0.05) is 49.8 Å². The van der Waals surface area contributed by atoms with Crippen LogP contribution in [-0.4, -0.2) is 6.61 Å². The van der Waals surface area contributed by atoms with Crippen LogP contribution in [0.1, 0.15) is 75.0 Å². The van der Waals surface area contributed by atoms with E-state index in [0.717, 1.165) is 37.7 Å². The Morgan fingerprint density at radius 2 is 1.10 bits per heavy atom. The second-order valence-corrected chi connectivity index (χ2v) is 11.3. The number of rotatable bonds is 8. The van der Waals surface area contributed by atoms with Crippen LogP contribution < -0.4 is 4.74 Å². The fourth-order valence-corrected chi connectivity index (χ4v) is 6.13. The number of allylic oxidation sites excluding steroid dienone is 4. The maximum Gasteiger partial charge on any atom is 0.201 e. The van der Waals surface area contributed by atoms with Crippen LogP contribution in [0, 0.1) is 53.7 Å². The number of hydrogen-bond donors (Lipinski definition) is 0. The summed E-state index contributed by atoms with van der Waals surface area (Å²) >= 11 is 0. The van der Waals surface area contributed by atoms with Crippen molar-refractivity contribution in [1.29, 1.82) is 0 Å². The average molecular weight is 585 g/mol. The number of unbranched alkanes of at least 4 members (excludes halogenated alkanes) is 1. The maximum atomic E-state index is 15.2. The van der Waals surface area contributed by atoms with Gasteiger partial charge in [0.2, 0.25) is 5.82 Å². The van der Waals surface area contributed by atoms with Crippen LogP contribution in [0.2, 0.25) is 0 Å². The molecule has 7 heteroatoms. The highest BCUT2D eigenvalue weighted by molar-refractivity contribution is 5.73. The SMILES string of the molecule is CCCCOc1ccc(C2=CCC(C3CC=C(c4ccc(-c5ccc(C)c(F)c5F)c(F)c4F)CC3)CC2)c(F)c1F. The minimum Gasteiger partial charge on any atom is -0.490 e. The lowest BCUT2D eigenvalue weighted by Crippen LogP contribution is -2.19. The zero-order valence-electron chi connectivity index (χ0n) is 23.8. The Labute approximate surface area is 242 Å². The summed E-state index contributed by atoms with van der Waals surface area (Å²) in [6.07, 6.45) is 9.81. The Kier molecular flexibility index (Phi) is 9.14. The molecule has 0 bridgehead atoms. The van der Waals surface area contributed by atoms with Crippen molar-refractivity contribution in [3.05, 3.63) is 100 Å². The van der Waals surface area contributed by atoms with Gasteiger partial charge in [0, 0.05) is 22.3 Å². The molecule has 42 heavy (non-hydrogen) atoms. The molecule has 2 atom stereocenters. The van der Waals surface area contributed by atoms with Crippen LogP contribution in [0.4, 0.5) is 26.3 Å². The third kappa shape index (κ3) is 5.88. The molecule has 0 heterocycles. The Bertz CT molecular complexity index is 1540. The van der Waals surface area contributed by atoms with E-state index in [-0.39, 0.29) is 33.6 Å². The van der Waals surface area contributed by atoms with Gasteiger partial charge < -0.3 is 4.74 Å². The molecule has 1 nitrogen and oxygen atoms in total. The first-order valence-electron chi connectivity index (χ1n) is 14.6. The summed E-state index contributed by atoms with van der Waals surface area (Å²) in [4.78, 5) is 0. The van der Waals surface area contributed by atoms with Crippen molar-refractivity contribution >= 4 is 11.1 Å². The third-order valence-corrected chi connectivity index (χ3v) is 8.71. The van der Waals surface area contributed by atoms with Gasteiger partial charge in [0.1, 0.15) is 0 Å². The zero-order valence-corrected chi connectivity index (χ0v) is 23.8. The highest BCUT2D eigenvalue weighted by Crippen LogP contribution is 2.43. The minimum atomic E-state index is -1.20. The van der Waals surface area contributed by atoms with Gasteiger partial charge in [-0.15, -0.1) is 0 Å². The van der Waals surface area contributed by atoms with E-state index in [4.69, 9.17) is 4.74 Å². The first-order valence-corrected chi connectivity index (χ1v) is 14.6. The Morgan fingerprint density at radius 3 is 1.64 bits per heavy atom. The van der Waals surface area contributed by atoms with Crippen molar-refractivity contribution < 1.29 is 31.1 Å². The summed E-state index contributed by atoms with van der Waals surface area (Å²) in [6.45, 7) is 3.74. The predicted molar refractivity (Wildman–Crippen MR) is 154 cm³/mol. The van der Waals surface area contributed by atoms with Crippen molar-refractivity contribution in [3.63, 3.8) is 0 Å². The molecule has 3 aromatic carbocycles. The molecule has 0 N–H and O–H groups in total. The molecule has 2 aliphatic carbocycles. The summed E-state index contributed by atoms with van der Waals surface area (Å²) in [5.41, 5.74) is 1.34. The molecule has 0 amide bonds. The second-order valence-electron chi connectivity index (χ2n) is 11.3. The monoisotopic (exact) mass is 584 g/mol. The molecule has 0 aromatic heterocycles. The van der Waals surface area contributed by atoms with Gasteiger partial charge >= 0.3 is 0 Å². The Balaban J connectivity index is 1.26. The molecule has 3 aromatic rings. The zero-order chi connectivity index (χ0) is 30.0. The van der Waals surface area contributed by atoms with Gasteiger partial charge in [-0.25, -0.2) is 22.0 Å². The van der Waals surface area contributed by atoms with Gasteiger partial charge in [0.25, 0.3) is 0 Å². The molecule has 222 valence electrons. The maximum absolute atomic E-state index is 15.2. The van der Waals surface area contributed by atoms with E-state index in [1.54, 1.807) is 6.07 Å². The lowest BCUT2D eigenvalue weighted by molar-refractivity contribution is 0.287. The van der Waals surface area contributed by atoms with Crippen LogP contribution in [0.5, 0.6) is 5.75 Å². The number of aryl methyl sites for hydroxylation is 1. The molecule has 0 aliphatic heterocycles. The fourth-order valence-electron chi connectivity index (χ4n) is 6.13. The van der Waals surface area contributed by atoms with Crippen LogP contribution in [-0.2, 0) is 0 Å². The largest absolute Gasteiger partial charge is 0.490 e. The van der Waals surface area contributed by atoms with E-state index in [1.807, 2.05) is 19.1 Å². The van der Waals surface area contributed by atoms with Gasteiger partial charge in [-0.05, 0) is 92.5 Å². The highest BCUT2D eigenvalue weighted by Gasteiger charge is 2.29. The van der Waals surface area contributed by atoms with Crippen LogP contribution in [0.3, 0.4) is 0 Å². The molecule has 0 spiro atoms. The summed E-state index contributed by atoms with van der Waals surface area (Å²) in [6, 6.07) is 8.40. The fraction of sp³-hybridized carbons (Fsp3) is 0.371. The topological polar surface area (TPSA) is 9.23 Å². The first-order chi connectivity index (χ1) is 20.2. The smallest absolute Gasteiger partial charge is 0.201 e. The normalized spacial score (nSPS) is 19.0. The number of hydrogen-bond acceptors (Lipinski definition) is 1. The molecule has 2 unspecified atom stereocenters. The molecule has 0 radical (unpaired) electrons. The lowest BCUT2D eigenvalue weighted by atomic mass is 9.73. The van der Waals surface area contributed by atoms with E-state index >= 15 is 8.78 Å². The number of halogens is 6. The van der Waals surface area contributed by atoms with Crippen molar-refractivity contribution in [2.45, 2.75) is 65.2 Å². The van der Waals surface area contributed by atoms with E-state index in [9.17, 15) is 17.6 Å². The average Bonchev–Trinajstić information content (AvgIpc) is 3.00. The molecular formula is C35H34F6O. The number of benzene rings is 3. The Morgan fingerprint density at radius 1 is 0.619 bits per heavy atom. The summed E-state index contributed by atoms with van der Waals surface area (Å²) in [5, 5.41) is 0. The van der Waals surface area contributed by atoms with E-state index in [1.165, 1.54) is 37.3 Å². The van der Waals surface area contributed by atoms with Gasteiger partial charge in [0.05, 0.1) is 6.61 Å². The minimum absolute atomic E-state index is 0.0639. The second kappa shape index (κ2) is 12.8. The van der Waals surface area contributed by atoms with Crippen LogP contribution in [0.25, 0.3) is 22.3 Å². The molecule has 0 saturated carbocycles. The van der Waals surface area contributed by atoms with Crippen LogP contribution in [0.15, 0.2) is 48.6 Å². The Hall–Kier alpha value is -3.48.